The number of halogens is 1. The Morgan fingerprint density at radius 1 is 1.06 bits per heavy atom. The molecule has 0 aromatic heterocycles. The van der Waals surface area contributed by atoms with Gasteiger partial charge in [0.05, 0.1) is 33.3 Å². The number of para-hydroxylation sites is 1. The highest BCUT2D eigenvalue weighted by Crippen LogP contribution is 2.38. The van der Waals surface area contributed by atoms with Crippen LogP contribution in [0.4, 0.5) is 10.1 Å². The molecule has 0 saturated carbocycles. The summed E-state index contributed by atoms with van der Waals surface area (Å²) in [5.74, 6) is 0.490. The molecule has 1 amide bonds. The number of benzene rings is 2. The molecule has 8 nitrogen and oxygen atoms in total. The van der Waals surface area contributed by atoms with E-state index in [-0.39, 0.29) is 37.5 Å². The van der Waals surface area contributed by atoms with Crippen molar-refractivity contribution in [2.45, 2.75) is 19.4 Å². The van der Waals surface area contributed by atoms with E-state index in [0.717, 1.165) is 16.1 Å². The van der Waals surface area contributed by atoms with E-state index in [2.05, 4.69) is 5.32 Å². The Bertz CT molecular complexity index is 988. The van der Waals surface area contributed by atoms with Crippen molar-refractivity contribution in [1.29, 1.82) is 0 Å². The molecule has 2 aromatic carbocycles. The fourth-order valence-electron chi connectivity index (χ4n) is 3.03. The van der Waals surface area contributed by atoms with Gasteiger partial charge < -0.3 is 19.5 Å². The van der Waals surface area contributed by atoms with Crippen LogP contribution in [0.5, 0.6) is 17.2 Å². The molecule has 10 heteroatoms. The van der Waals surface area contributed by atoms with E-state index in [9.17, 15) is 17.6 Å². The molecule has 0 bridgehead atoms. The van der Waals surface area contributed by atoms with Crippen molar-refractivity contribution in [2.24, 2.45) is 0 Å². The van der Waals surface area contributed by atoms with Gasteiger partial charge in [-0.2, -0.15) is 0 Å². The van der Waals surface area contributed by atoms with Crippen LogP contribution in [0.1, 0.15) is 18.4 Å². The van der Waals surface area contributed by atoms with Crippen LogP contribution in [-0.4, -0.2) is 48.5 Å². The van der Waals surface area contributed by atoms with Crippen LogP contribution in [-0.2, 0) is 21.4 Å². The minimum absolute atomic E-state index is 0.0165. The molecule has 0 aliphatic rings. The summed E-state index contributed by atoms with van der Waals surface area (Å²) in [7, 11) is 0.815. The highest BCUT2D eigenvalue weighted by molar-refractivity contribution is 7.92. The van der Waals surface area contributed by atoms with E-state index in [0.29, 0.717) is 17.2 Å². The van der Waals surface area contributed by atoms with Crippen LogP contribution in [0.25, 0.3) is 0 Å². The summed E-state index contributed by atoms with van der Waals surface area (Å²) < 4.78 is 55.0. The van der Waals surface area contributed by atoms with Crippen molar-refractivity contribution in [3.05, 3.63) is 47.8 Å². The maximum atomic E-state index is 14.0. The molecule has 0 spiro atoms. The van der Waals surface area contributed by atoms with Crippen molar-refractivity contribution in [2.75, 3.05) is 38.4 Å². The Balaban J connectivity index is 1.97. The molecule has 0 radical (unpaired) electrons. The molecule has 2 rings (SSSR count). The molecule has 0 aliphatic carbocycles. The third-order valence-corrected chi connectivity index (χ3v) is 5.68. The van der Waals surface area contributed by atoms with E-state index >= 15 is 0 Å². The molecule has 0 aliphatic heterocycles. The van der Waals surface area contributed by atoms with Gasteiger partial charge in [-0.1, -0.05) is 12.1 Å². The van der Waals surface area contributed by atoms with Crippen molar-refractivity contribution >= 4 is 21.6 Å². The maximum Gasteiger partial charge on any atom is 0.232 e. The summed E-state index contributed by atoms with van der Waals surface area (Å²) >= 11 is 0. The number of sulfonamides is 1. The predicted molar refractivity (Wildman–Crippen MR) is 116 cm³/mol. The smallest absolute Gasteiger partial charge is 0.232 e. The standard InChI is InChI=1S/C21H27FN2O6S/c1-28-18-12-15(13-19(29-2)21(18)30-3)14-23-20(25)10-7-11-24(31(4,26)27)17-9-6-5-8-16(17)22/h5-6,8-9,12-13H,7,10-11,14H2,1-4H3,(H,23,25). The number of carbonyl (C=O) groups is 1. The van der Waals surface area contributed by atoms with Gasteiger partial charge in [0.15, 0.2) is 11.5 Å². The fraction of sp³-hybridized carbons (Fsp3) is 0.381. The summed E-state index contributed by atoms with van der Waals surface area (Å²) in [6, 6.07) is 9.07. The van der Waals surface area contributed by atoms with Gasteiger partial charge >= 0.3 is 0 Å². The zero-order valence-electron chi connectivity index (χ0n) is 18.0. The average Bonchev–Trinajstić information content (AvgIpc) is 2.74. The largest absolute Gasteiger partial charge is 0.493 e. The summed E-state index contributed by atoms with van der Waals surface area (Å²) in [5, 5.41) is 2.77. The molecule has 2 aromatic rings. The number of anilines is 1. The van der Waals surface area contributed by atoms with Crippen LogP contribution in [0.3, 0.4) is 0 Å². The molecular weight excluding hydrogens is 427 g/mol. The molecule has 31 heavy (non-hydrogen) atoms. The van der Waals surface area contributed by atoms with Crippen LogP contribution in [0, 0.1) is 5.82 Å². The zero-order valence-corrected chi connectivity index (χ0v) is 18.8. The van der Waals surface area contributed by atoms with Gasteiger partial charge in [-0.15, -0.1) is 0 Å². The second-order valence-corrected chi connectivity index (χ2v) is 8.61. The van der Waals surface area contributed by atoms with Crippen LogP contribution < -0.4 is 23.8 Å². The van der Waals surface area contributed by atoms with Gasteiger partial charge in [0, 0.05) is 19.5 Å². The Morgan fingerprint density at radius 2 is 1.68 bits per heavy atom. The summed E-state index contributed by atoms with van der Waals surface area (Å²) in [4.78, 5) is 12.2. The lowest BCUT2D eigenvalue weighted by molar-refractivity contribution is -0.121. The first kappa shape index (κ1) is 24.3. The molecule has 170 valence electrons. The summed E-state index contributed by atoms with van der Waals surface area (Å²) in [6.45, 7) is 0.204. The van der Waals surface area contributed by atoms with Crippen LogP contribution in [0.15, 0.2) is 36.4 Å². The Morgan fingerprint density at radius 3 is 2.19 bits per heavy atom. The molecular formula is C21H27FN2O6S. The number of hydrogen-bond acceptors (Lipinski definition) is 6. The van der Waals surface area contributed by atoms with Crippen molar-refractivity contribution in [1.82, 2.24) is 5.32 Å². The Labute approximate surface area is 182 Å². The SMILES string of the molecule is COc1cc(CNC(=O)CCCN(c2ccccc2F)S(C)(=O)=O)cc(OC)c1OC. The predicted octanol–water partition coefficient (Wildman–Crippen LogP) is 2.71. The topological polar surface area (TPSA) is 94.2 Å². The quantitative estimate of drug-likeness (QED) is 0.561. The number of nitrogens with zero attached hydrogens (tertiary/aromatic N) is 1. The van der Waals surface area contributed by atoms with Crippen molar-refractivity contribution < 1.29 is 31.8 Å². The van der Waals surface area contributed by atoms with Gasteiger partial charge in [-0.25, -0.2) is 12.8 Å². The van der Waals surface area contributed by atoms with Gasteiger partial charge in [0.1, 0.15) is 5.82 Å². The lowest BCUT2D eigenvalue weighted by atomic mass is 10.1. The van der Waals surface area contributed by atoms with Gasteiger partial charge in [0.2, 0.25) is 21.7 Å². The first-order chi connectivity index (χ1) is 14.7. The minimum atomic E-state index is -3.69. The highest BCUT2D eigenvalue weighted by atomic mass is 32.2. The number of rotatable bonds is 11. The second-order valence-electron chi connectivity index (χ2n) is 6.70. The molecule has 1 N–H and O–H groups in total. The van der Waals surface area contributed by atoms with E-state index in [4.69, 9.17) is 14.2 Å². The van der Waals surface area contributed by atoms with Gasteiger partial charge in [-0.05, 0) is 36.2 Å². The number of amides is 1. The van der Waals surface area contributed by atoms with Gasteiger partial charge in [-0.3, -0.25) is 9.10 Å². The third-order valence-electron chi connectivity index (χ3n) is 4.50. The fourth-order valence-corrected chi connectivity index (χ4v) is 3.99. The van der Waals surface area contributed by atoms with Crippen LogP contribution in [0.2, 0.25) is 0 Å². The molecule has 0 heterocycles. The number of carbonyl (C=O) groups excluding carboxylic acids is 1. The summed E-state index contributed by atoms with van der Waals surface area (Å²) in [6.07, 6.45) is 1.30. The van der Waals surface area contributed by atoms with E-state index in [1.165, 1.54) is 39.5 Å². The van der Waals surface area contributed by atoms with Crippen molar-refractivity contribution in [3.63, 3.8) is 0 Å². The lowest BCUT2D eigenvalue weighted by Crippen LogP contribution is -2.32. The minimum Gasteiger partial charge on any atom is -0.493 e. The highest BCUT2D eigenvalue weighted by Gasteiger charge is 2.20. The lowest BCUT2D eigenvalue weighted by Gasteiger charge is -2.22. The van der Waals surface area contributed by atoms with Crippen molar-refractivity contribution in [3.8, 4) is 17.2 Å². The summed E-state index contributed by atoms with van der Waals surface area (Å²) in [5.41, 5.74) is 0.704. The average molecular weight is 455 g/mol. The zero-order chi connectivity index (χ0) is 23.0. The number of methoxy groups -OCH3 is 3. The van der Waals surface area contributed by atoms with Gasteiger partial charge in [0.25, 0.3) is 0 Å². The Hall–Kier alpha value is -3.01. The monoisotopic (exact) mass is 454 g/mol. The van der Waals surface area contributed by atoms with E-state index in [1.807, 2.05) is 0 Å². The number of nitrogens with one attached hydrogen (secondary N) is 1. The van der Waals surface area contributed by atoms with E-state index < -0.39 is 15.8 Å². The first-order valence-corrected chi connectivity index (χ1v) is 11.3. The normalized spacial score (nSPS) is 11.0. The third kappa shape index (κ3) is 6.48. The Kier molecular flexibility index (Phi) is 8.49. The molecule has 0 unspecified atom stereocenters. The molecule has 0 fully saturated rings. The molecule has 0 saturated heterocycles. The van der Waals surface area contributed by atoms with E-state index in [1.54, 1.807) is 18.2 Å². The molecule has 0 atom stereocenters. The maximum absolute atomic E-state index is 14.0. The number of ether oxygens (including phenoxy) is 3. The second kappa shape index (κ2) is 10.9. The number of hydrogen-bond donors (Lipinski definition) is 1. The van der Waals surface area contributed by atoms with Crippen LogP contribution >= 0.6 is 0 Å². The first-order valence-electron chi connectivity index (χ1n) is 9.49.